The van der Waals surface area contributed by atoms with Crippen molar-refractivity contribution in [2.45, 2.75) is 63.4 Å². The van der Waals surface area contributed by atoms with Gasteiger partial charge < -0.3 is 25.8 Å². The Labute approximate surface area is 310 Å². The average molecular weight is 819 g/mol. The molecule has 0 unspecified atom stereocenters. The van der Waals surface area contributed by atoms with Crippen molar-refractivity contribution in [3.63, 3.8) is 0 Å². The Balaban J connectivity index is 0.000000408. The van der Waals surface area contributed by atoms with Gasteiger partial charge in [-0.05, 0) is 79.7 Å². The van der Waals surface area contributed by atoms with Crippen LogP contribution in [0.4, 0.5) is 39.5 Å². The minimum absolute atomic E-state index is 0.101. The molecule has 302 valence electrons. The number of carboxylic acid groups (broad SMARTS) is 3. The predicted octanol–water partition coefficient (Wildman–Crippen LogP) is 6.24. The highest BCUT2D eigenvalue weighted by Gasteiger charge is 2.39. The number of nitrogens with two attached hydrogens (primary N) is 1. The first kappa shape index (κ1) is 46.0. The van der Waals surface area contributed by atoms with Crippen molar-refractivity contribution in [1.82, 2.24) is 14.5 Å². The molecule has 2 aromatic heterocycles. The first-order chi connectivity index (χ1) is 25.4. The second kappa shape index (κ2) is 20.0. The number of pyridine rings is 2. The quantitative estimate of drug-likeness (QED) is 0.206. The zero-order valence-corrected chi connectivity index (χ0v) is 28.8. The molecule has 3 aromatic rings. The van der Waals surface area contributed by atoms with Crippen molar-refractivity contribution in [3.05, 3.63) is 92.6 Å². The monoisotopic (exact) mass is 818 g/mol. The number of aryl methyl sites for hydroxylation is 1. The lowest BCUT2D eigenvalue weighted by molar-refractivity contribution is -0.193. The molecule has 1 saturated heterocycles. The van der Waals surface area contributed by atoms with E-state index in [1.807, 2.05) is 6.07 Å². The summed E-state index contributed by atoms with van der Waals surface area (Å²) in [6.45, 7) is 3.40. The number of piperidine rings is 1. The van der Waals surface area contributed by atoms with Crippen molar-refractivity contribution in [1.29, 1.82) is 0 Å². The van der Waals surface area contributed by atoms with Gasteiger partial charge in [-0.1, -0.05) is 29.8 Å². The largest absolute Gasteiger partial charge is 0.490 e. The number of hydrogen-bond donors (Lipinski definition) is 4. The van der Waals surface area contributed by atoms with Crippen molar-refractivity contribution in [2.24, 2.45) is 5.73 Å². The summed E-state index contributed by atoms with van der Waals surface area (Å²) >= 11 is 5.87. The van der Waals surface area contributed by atoms with Gasteiger partial charge in [-0.2, -0.15) is 39.5 Å². The molecule has 12 nitrogen and oxygen atoms in total. The van der Waals surface area contributed by atoms with Crippen molar-refractivity contribution < 1.29 is 74.0 Å². The van der Waals surface area contributed by atoms with E-state index in [-0.39, 0.29) is 12.2 Å². The van der Waals surface area contributed by atoms with Crippen molar-refractivity contribution >= 4 is 41.3 Å². The second-order valence-corrected chi connectivity index (χ2v) is 12.0. The van der Waals surface area contributed by atoms with E-state index in [0.29, 0.717) is 16.8 Å². The maximum Gasteiger partial charge on any atom is 0.490 e. The molecule has 0 amide bonds. The van der Waals surface area contributed by atoms with Crippen LogP contribution in [0.25, 0.3) is 11.8 Å². The highest BCUT2D eigenvalue weighted by molar-refractivity contribution is 6.30. The highest BCUT2D eigenvalue weighted by atomic mass is 35.5. The number of hydrogen-bond acceptors (Lipinski definition) is 8. The number of aromatic nitrogens is 2. The summed E-state index contributed by atoms with van der Waals surface area (Å²) in [6.07, 6.45) is -5.85. The number of carbonyl (C=O) groups is 3. The van der Waals surface area contributed by atoms with Crippen LogP contribution in [0.5, 0.6) is 5.75 Å². The number of halogens is 10. The van der Waals surface area contributed by atoms with Gasteiger partial charge >= 0.3 is 36.4 Å². The third-order valence-electron chi connectivity index (χ3n) is 7.32. The van der Waals surface area contributed by atoms with E-state index in [4.69, 9.17) is 51.8 Å². The molecule has 55 heavy (non-hydrogen) atoms. The van der Waals surface area contributed by atoms with E-state index in [2.05, 4.69) is 34.2 Å². The van der Waals surface area contributed by atoms with Gasteiger partial charge in [0.05, 0.1) is 10.7 Å². The molecule has 1 aliphatic carbocycles. The van der Waals surface area contributed by atoms with Gasteiger partial charge in [0, 0.05) is 36.7 Å². The normalized spacial score (nSPS) is 14.6. The number of ether oxygens (including phenoxy) is 1. The molecule has 22 heteroatoms. The summed E-state index contributed by atoms with van der Waals surface area (Å²) in [5, 5.41) is 22.0. The zero-order valence-electron chi connectivity index (χ0n) is 28.1. The lowest BCUT2D eigenvalue weighted by Gasteiger charge is -2.30. The van der Waals surface area contributed by atoms with Crippen LogP contribution in [0.2, 0.25) is 5.02 Å². The van der Waals surface area contributed by atoms with E-state index >= 15 is 0 Å². The molecule has 3 heterocycles. The smallest absolute Gasteiger partial charge is 0.487 e. The number of rotatable bonds is 6. The Morgan fingerprint density at radius 3 is 1.85 bits per heavy atom. The van der Waals surface area contributed by atoms with Crippen molar-refractivity contribution in [2.75, 3.05) is 13.1 Å². The number of aliphatic carboxylic acids is 3. The molecular weight excluding hydrogens is 787 g/mol. The molecule has 1 aromatic carbocycles. The van der Waals surface area contributed by atoms with Crippen LogP contribution in [-0.4, -0.2) is 85.3 Å². The van der Waals surface area contributed by atoms with Gasteiger partial charge in [0.1, 0.15) is 12.4 Å². The number of benzene rings is 1. The minimum atomic E-state index is -5.08. The number of fused-ring (bicyclic) bond motifs is 1. The molecule has 0 saturated carbocycles. The summed E-state index contributed by atoms with van der Waals surface area (Å²) in [5.74, 6) is -7.74. The summed E-state index contributed by atoms with van der Waals surface area (Å²) in [5.41, 5.74) is 11.6. The molecule has 5 rings (SSSR count). The first-order valence-electron chi connectivity index (χ1n) is 15.5. The lowest BCUT2D eigenvalue weighted by Crippen LogP contribution is -2.39. The van der Waals surface area contributed by atoms with Gasteiger partial charge in [-0.25, -0.2) is 14.4 Å². The van der Waals surface area contributed by atoms with Gasteiger partial charge in [0.15, 0.2) is 0 Å². The summed E-state index contributed by atoms with van der Waals surface area (Å²) in [6, 6.07) is 14.0. The third kappa shape index (κ3) is 16.4. The summed E-state index contributed by atoms with van der Waals surface area (Å²) in [7, 11) is 0. The summed E-state index contributed by atoms with van der Waals surface area (Å²) < 4.78 is 103. The van der Waals surface area contributed by atoms with Crippen LogP contribution >= 0.6 is 11.6 Å². The maximum atomic E-state index is 12.8. The predicted molar refractivity (Wildman–Crippen MR) is 177 cm³/mol. The molecule has 0 bridgehead atoms. The Bertz CT molecular complexity index is 1800. The van der Waals surface area contributed by atoms with Gasteiger partial charge in [-0.15, -0.1) is 0 Å². The maximum absolute atomic E-state index is 12.8. The Kier molecular flexibility index (Phi) is 16.7. The fourth-order valence-electron chi connectivity index (χ4n) is 4.63. The van der Waals surface area contributed by atoms with Crippen LogP contribution in [0.15, 0.2) is 59.7 Å². The van der Waals surface area contributed by atoms with E-state index in [1.165, 1.54) is 22.8 Å². The number of nitrogens with zero attached hydrogens (tertiary/aromatic N) is 3. The lowest BCUT2D eigenvalue weighted by atomic mass is 9.93. The molecule has 1 aliphatic heterocycles. The van der Waals surface area contributed by atoms with E-state index < -0.39 is 36.4 Å². The van der Waals surface area contributed by atoms with Gasteiger partial charge in [-0.3, -0.25) is 19.2 Å². The number of likely N-dealkylation sites (tertiary alicyclic amines) is 1. The minimum Gasteiger partial charge on any atom is -0.487 e. The Hall–Kier alpha value is -5.15. The topological polar surface area (TPSA) is 185 Å². The van der Waals surface area contributed by atoms with Crippen LogP contribution in [0, 0.1) is 0 Å². The van der Waals surface area contributed by atoms with Crippen molar-refractivity contribution in [3.8, 4) is 5.75 Å². The zero-order chi connectivity index (χ0) is 41.7. The number of alkyl halides is 9. The molecule has 1 fully saturated rings. The molecule has 0 atom stereocenters. The van der Waals surface area contributed by atoms with Crippen LogP contribution < -0.4 is 16.0 Å². The van der Waals surface area contributed by atoms with E-state index in [0.717, 1.165) is 56.7 Å². The average Bonchev–Trinajstić information content (AvgIpc) is 3.08. The van der Waals surface area contributed by atoms with Crippen LogP contribution in [0.3, 0.4) is 0 Å². The van der Waals surface area contributed by atoms with Gasteiger partial charge in [0.2, 0.25) is 0 Å². The molecule has 0 spiro atoms. The molecule has 0 radical (unpaired) electrons. The SMILES string of the molecule is NC1CCN(Cc2ccc3c(c2)CCC(n2ccc(OCc4ccc(Cl)cn4)cc2=O)=C3)CC1.O=C(O)C(F)(F)F.O=C(O)C(F)(F)F.O=C(O)C(F)(F)F. The Morgan fingerprint density at radius 1 is 0.836 bits per heavy atom. The molecular formula is C33H32ClF9N4O8. The van der Waals surface area contributed by atoms with E-state index in [1.54, 1.807) is 29.1 Å². The standard InChI is InChI=1S/C27H29ClN4O2.3C2HF3O2/c28-22-4-5-24(30-16-22)18-34-26-9-12-32(27(33)15-26)25-6-3-20-13-19(1-2-21(20)14-25)17-31-10-7-23(29)8-11-31;3*3-2(4,5)1(6)7/h1-2,4-5,9,12-16,23H,3,6-8,10-11,17-18,29H2;3*(H,6,7). The number of allylic oxidation sites excluding steroid dienone is 1. The Morgan fingerprint density at radius 2 is 1.38 bits per heavy atom. The molecule has 2 aliphatic rings. The summed E-state index contributed by atoms with van der Waals surface area (Å²) in [4.78, 5) is 46.2. The second-order valence-electron chi connectivity index (χ2n) is 11.5. The van der Waals surface area contributed by atoms with Crippen LogP contribution in [0.1, 0.15) is 41.6 Å². The fraction of sp³-hybridized carbons (Fsp3) is 0.364. The highest BCUT2D eigenvalue weighted by Crippen LogP contribution is 2.28. The third-order valence-corrected chi connectivity index (χ3v) is 7.55. The first-order valence-corrected chi connectivity index (χ1v) is 15.9. The number of carboxylic acids is 3. The van der Waals surface area contributed by atoms with Gasteiger partial charge in [0.25, 0.3) is 5.56 Å². The van der Waals surface area contributed by atoms with E-state index in [9.17, 15) is 44.3 Å². The molecule has 5 N–H and O–H groups in total. The van der Waals surface area contributed by atoms with Crippen LogP contribution in [-0.2, 0) is 34.0 Å². The fourth-order valence-corrected chi connectivity index (χ4v) is 4.74.